The lowest BCUT2D eigenvalue weighted by Crippen LogP contribution is -2.23. The number of anilines is 1. The van der Waals surface area contributed by atoms with Gasteiger partial charge in [0.2, 0.25) is 5.43 Å². The summed E-state index contributed by atoms with van der Waals surface area (Å²) in [6.45, 7) is 2.69. The van der Waals surface area contributed by atoms with Crippen LogP contribution in [0.4, 0.5) is 5.69 Å². The van der Waals surface area contributed by atoms with E-state index in [2.05, 4.69) is 21.2 Å². The number of benzene rings is 2. The zero-order valence-electron chi connectivity index (χ0n) is 14.4. The normalized spacial score (nSPS) is 12.4. The van der Waals surface area contributed by atoms with Gasteiger partial charge in [-0.25, -0.2) is 0 Å². The van der Waals surface area contributed by atoms with Crippen molar-refractivity contribution in [3.05, 3.63) is 67.9 Å². The van der Waals surface area contributed by atoms with Gasteiger partial charge >= 0.3 is 0 Å². The predicted octanol–water partition coefficient (Wildman–Crippen LogP) is 3.89. The van der Waals surface area contributed by atoms with Gasteiger partial charge in [0.1, 0.15) is 11.3 Å². The quantitative estimate of drug-likeness (QED) is 0.709. The van der Waals surface area contributed by atoms with Crippen LogP contribution in [0.25, 0.3) is 10.9 Å². The topological polar surface area (TPSA) is 60.3 Å². The molecule has 5 nitrogen and oxygen atoms in total. The average Bonchev–Trinajstić information content (AvgIpc) is 3.01. The molecule has 0 saturated heterocycles. The molecule has 6 heteroatoms. The first-order chi connectivity index (χ1) is 12.5. The summed E-state index contributed by atoms with van der Waals surface area (Å²) in [6.07, 6.45) is 2.51. The Bertz CT molecular complexity index is 1120. The number of hydrogen-bond acceptors (Lipinski definition) is 3. The summed E-state index contributed by atoms with van der Waals surface area (Å²) in [5, 5.41) is 3.38. The van der Waals surface area contributed by atoms with E-state index in [-0.39, 0.29) is 11.0 Å². The van der Waals surface area contributed by atoms with Crippen LogP contribution in [-0.2, 0) is 13.0 Å². The fourth-order valence-corrected chi connectivity index (χ4v) is 3.98. The van der Waals surface area contributed by atoms with Gasteiger partial charge in [-0.1, -0.05) is 22.0 Å². The summed E-state index contributed by atoms with van der Waals surface area (Å²) in [7, 11) is 1.55. The van der Waals surface area contributed by atoms with Crippen LogP contribution < -0.4 is 15.5 Å². The van der Waals surface area contributed by atoms with Crippen LogP contribution in [0.1, 0.15) is 21.5 Å². The second-order valence-electron chi connectivity index (χ2n) is 6.43. The lowest BCUT2D eigenvalue weighted by molar-refractivity contribution is 0.102. The number of halogens is 1. The maximum absolute atomic E-state index is 12.9. The number of ether oxygens (including phenoxy) is 1. The van der Waals surface area contributed by atoms with Crippen LogP contribution in [0.2, 0.25) is 0 Å². The number of nitrogens with one attached hydrogen (secondary N) is 1. The standard InChI is InChI=1S/C20H17BrN2O3/c1-11-3-4-17(26-2)16(7-11)22-20(25)15-10-23-6-5-12-8-13(21)9-14(18(12)23)19(15)24/h3-4,7-10H,5-6H2,1-2H3,(H,22,25). The van der Waals surface area contributed by atoms with Gasteiger partial charge in [0.15, 0.2) is 0 Å². The van der Waals surface area contributed by atoms with Crippen LogP contribution in [0.5, 0.6) is 5.75 Å². The van der Waals surface area contributed by atoms with Crippen molar-refractivity contribution in [1.82, 2.24) is 4.57 Å². The van der Waals surface area contributed by atoms with Crippen LogP contribution in [0.3, 0.4) is 0 Å². The number of nitrogens with zero attached hydrogens (tertiary/aromatic N) is 1. The van der Waals surface area contributed by atoms with Crippen molar-refractivity contribution >= 4 is 38.4 Å². The van der Waals surface area contributed by atoms with E-state index in [0.29, 0.717) is 16.8 Å². The third kappa shape index (κ3) is 2.70. The molecule has 1 N–H and O–H groups in total. The number of methoxy groups -OCH3 is 1. The molecule has 0 spiro atoms. The fourth-order valence-electron chi connectivity index (χ4n) is 3.47. The van der Waals surface area contributed by atoms with E-state index >= 15 is 0 Å². The van der Waals surface area contributed by atoms with E-state index in [4.69, 9.17) is 4.74 Å². The van der Waals surface area contributed by atoms with Gasteiger partial charge in [-0.3, -0.25) is 9.59 Å². The first-order valence-corrected chi connectivity index (χ1v) is 9.09. The van der Waals surface area contributed by atoms with Gasteiger partial charge in [-0.05, 0) is 48.7 Å². The van der Waals surface area contributed by atoms with Crippen molar-refractivity contribution in [2.45, 2.75) is 19.9 Å². The summed E-state index contributed by atoms with van der Waals surface area (Å²) in [5.74, 6) is 0.123. The van der Waals surface area contributed by atoms with Crippen molar-refractivity contribution < 1.29 is 9.53 Å². The second-order valence-corrected chi connectivity index (χ2v) is 7.35. The van der Waals surface area contributed by atoms with Crippen LogP contribution >= 0.6 is 15.9 Å². The SMILES string of the molecule is COc1ccc(C)cc1NC(=O)c1cn2c3c(cc(Br)cc3c1=O)CC2. The Morgan fingerprint density at radius 3 is 2.85 bits per heavy atom. The molecule has 1 amide bonds. The number of amides is 1. The fraction of sp³-hybridized carbons (Fsp3) is 0.200. The molecular weight excluding hydrogens is 396 g/mol. The number of hydrogen-bond donors (Lipinski definition) is 1. The van der Waals surface area contributed by atoms with Crippen LogP contribution in [0, 0.1) is 6.92 Å². The van der Waals surface area contributed by atoms with E-state index < -0.39 is 5.91 Å². The molecule has 0 bridgehead atoms. The third-order valence-electron chi connectivity index (χ3n) is 4.68. The van der Waals surface area contributed by atoms with Gasteiger partial charge in [0.05, 0.1) is 18.3 Å². The molecule has 1 aromatic heterocycles. The minimum absolute atomic E-state index is 0.131. The number of carbonyl (C=O) groups excluding carboxylic acids is 1. The number of pyridine rings is 1. The third-order valence-corrected chi connectivity index (χ3v) is 5.14. The lowest BCUT2D eigenvalue weighted by atomic mass is 10.1. The van der Waals surface area contributed by atoms with Crippen LogP contribution in [-0.4, -0.2) is 17.6 Å². The summed E-state index contributed by atoms with van der Waals surface area (Å²) in [5.41, 5.74) is 3.45. The Morgan fingerprint density at radius 2 is 2.08 bits per heavy atom. The van der Waals surface area contributed by atoms with Crippen molar-refractivity contribution in [3.63, 3.8) is 0 Å². The summed E-state index contributed by atoms with van der Waals surface area (Å²) < 4.78 is 8.14. The molecule has 0 atom stereocenters. The molecule has 2 heterocycles. The highest BCUT2D eigenvalue weighted by Crippen LogP contribution is 2.29. The Kier molecular flexibility index (Phi) is 4.07. The molecule has 1 aliphatic heterocycles. The zero-order valence-corrected chi connectivity index (χ0v) is 16.0. The van der Waals surface area contributed by atoms with Crippen molar-refractivity contribution in [3.8, 4) is 5.75 Å². The maximum atomic E-state index is 12.9. The Labute approximate surface area is 158 Å². The molecule has 1 aliphatic rings. The van der Waals surface area contributed by atoms with Crippen molar-refractivity contribution in [2.75, 3.05) is 12.4 Å². The van der Waals surface area contributed by atoms with Gasteiger partial charge in [-0.15, -0.1) is 0 Å². The maximum Gasteiger partial charge on any atom is 0.261 e. The Morgan fingerprint density at radius 1 is 1.27 bits per heavy atom. The minimum Gasteiger partial charge on any atom is -0.495 e. The summed E-state index contributed by atoms with van der Waals surface area (Å²) in [6, 6.07) is 9.33. The molecular formula is C20H17BrN2O3. The molecule has 0 saturated carbocycles. The predicted molar refractivity (Wildman–Crippen MR) is 105 cm³/mol. The number of rotatable bonds is 3. The van der Waals surface area contributed by atoms with E-state index in [0.717, 1.165) is 34.1 Å². The number of carbonyl (C=O) groups is 1. The van der Waals surface area contributed by atoms with Gasteiger partial charge < -0.3 is 14.6 Å². The summed E-state index contributed by atoms with van der Waals surface area (Å²) >= 11 is 3.46. The zero-order chi connectivity index (χ0) is 18.4. The molecule has 0 fully saturated rings. The summed E-state index contributed by atoms with van der Waals surface area (Å²) in [4.78, 5) is 25.8. The smallest absolute Gasteiger partial charge is 0.261 e. The average molecular weight is 413 g/mol. The highest BCUT2D eigenvalue weighted by atomic mass is 79.9. The molecule has 26 heavy (non-hydrogen) atoms. The van der Waals surface area contributed by atoms with E-state index in [1.54, 1.807) is 25.4 Å². The second kappa shape index (κ2) is 6.29. The monoisotopic (exact) mass is 412 g/mol. The minimum atomic E-state index is -0.432. The van der Waals surface area contributed by atoms with Gasteiger partial charge in [0, 0.05) is 22.6 Å². The molecule has 0 radical (unpaired) electrons. The van der Waals surface area contributed by atoms with Gasteiger partial charge in [-0.2, -0.15) is 0 Å². The molecule has 2 aromatic carbocycles. The first kappa shape index (κ1) is 16.8. The van der Waals surface area contributed by atoms with E-state index in [9.17, 15) is 9.59 Å². The van der Waals surface area contributed by atoms with Gasteiger partial charge in [0.25, 0.3) is 5.91 Å². The van der Waals surface area contributed by atoms with E-state index in [1.807, 2.05) is 29.7 Å². The number of aromatic nitrogens is 1. The highest BCUT2D eigenvalue weighted by molar-refractivity contribution is 9.10. The number of aryl methyl sites for hydroxylation is 3. The lowest BCUT2D eigenvalue weighted by Gasteiger charge is -2.12. The highest BCUT2D eigenvalue weighted by Gasteiger charge is 2.22. The first-order valence-electron chi connectivity index (χ1n) is 8.29. The molecule has 0 aliphatic carbocycles. The van der Waals surface area contributed by atoms with Crippen molar-refractivity contribution in [2.24, 2.45) is 0 Å². The Hall–Kier alpha value is -2.60. The van der Waals surface area contributed by atoms with E-state index in [1.165, 1.54) is 0 Å². The Balaban J connectivity index is 1.81. The molecule has 0 unspecified atom stereocenters. The van der Waals surface area contributed by atoms with Crippen molar-refractivity contribution in [1.29, 1.82) is 0 Å². The largest absolute Gasteiger partial charge is 0.495 e. The molecule has 3 aromatic rings. The molecule has 4 rings (SSSR count). The van der Waals surface area contributed by atoms with Crippen LogP contribution in [0.15, 0.2) is 45.8 Å². The molecule has 132 valence electrons.